The number of rotatable bonds is 6. The second kappa shape index (κ2) is 11.1. The lowest BCUT2D eigenvalue weighted by atomic mass is 9.73. The molecule has 6 heteroatoms. The van der Waals surface area contributed by atoms with E-state index in [1.807, 2.05) is 24.0 Å². The van der Waals surface area contributed by atoms with Crippen molar-refractivity contribution >= 4 is 23.2 Å². The molecule has 2 aliphatic rings. The van der Waals surface area contributed by atoms with Crippen LogP contribution in [0.5, 0.6) is 0 Å². The fourth-order valence-corrected chi connectivity index (χ4v) is 6.63. The number of halogens is 1. The van der Waals surface area contributed by atoms with Crippen LogP contribution in [0.2, 0.25) is 0 Å². The smallest absolute Gasteiger partial charge is 0.161 e. The van der Waals surface area contributed by atoms with Crippen molar-refractivity contribution in [1.82, 2.24) is 0 Å². The Morgan fingerprint density at radius 2 is 1.79 bits per heavy atom. The predicted molar refractivity (Wildman–Crippen MR) is 156 cm³/mol. The maximum Gasteiger partial charge on any atom is 0.161 e. The Morgan fingerprint density at radius 3 is 2.46 bits per heavy atom. The van der Waals surface area contributed by atoms with Gasteiger partial charge in [-0.1, -0.05) is 36.8 Å². The summed E-state index contributed by atoms with van der Waals surface area (Å²) in [4.78, 5) is 16.5. The average Bonchev–Trinajstić information content (AvgIpc) is 2.94. The lowest BCUT2D eigenvalue weighted by molar-refractivity contribution is -0.116. The number of allylic oxidation sites excluding steroid dienone is 3. The Bertz CT molecular complexity index is 1530. The molecule has 0 amide bonds. The molecule has 0 saturated carbocycles. The molecule has 4 nitrogen and oxygen atoms in total. The van der Waals surface area contributed by atoms with Crippen molar-refractivity contribution < 1.29 is 9.18 Å². The Labute approximate surface area is 234 Å². The zero-order valence-electron chi connectivity index (χ0n) is 22.6. The summed E-state index contributed by atoms with van der Waals surface area (Å²) in [5.74, 6) is 0.410. The second-order valence-electron chi connectivity index (χ2n) is 10.2. The van der Waals surface area contributed by atoms with Crippen LogP contribution in [0.3, 0.4) is 0 Å². The summed E-state index contributed by atoms with van der Waals surface area (Å²) in [7, 11) is 0. The molecule has 198 valence electrons. The molecule has 1 aliphatic carbocycles. The Morgan fingerprint density at radius 1 is 1.08 bits per heavy atom. The van der Waals surface area contributed by atoms with E-state index in [9.17, 15) is 14.4 Å². The number of nitriles is 1. The Balaban J connectivity index is 1.61. The van der Waals surface area contributed by atoms with E-state index in [1.165, 1.54) is 17.7 Å². The van der Waals surface area contributed by atoms with Gasteiger partial charge in [0.15, 0.2) is 5.78 Å². The highest BCUT2D eigenvalue weighted by Gasteiger charge is 2.41. The van der Waals surface area contributed by atoms with Crippen molar-refractivity contribution in [1.29, 1.82) is 5.26 Å². The molecule has 39 heavy (non-hydrogen) atoms. The number of nitrogens with two attached hydrogens (primary N) is 1. The maximum absolute atomic E-state index is 13.6. The quantitative estimate of drug-likeness (QED) is 0.328. The fourth-order valence-electron chi connectivity index (χ4n) is 5.68. The third-order valence-corrected chi connectivity index (χ3v) is 8.80. The minimum absolute atomic E-state index is 0.0832. The summed E-state index contributed by atoms with van der Waals surface area (Å²) in [5.41, 5.74) is 15.1. The van der Waals surface area contributed by atoms with Crippen molar-refractivity contribution in [3.8, 4) is 6.07 Å². The number of thioether (sulfide) groups is 1. The van der Waals surface area contributed by atoms with Crippen LogP contribution >= 0.6 is 11.8 Å². The number of nitrogens with zero attached hydrogens (tertiary/aromatic N) is 2. The number of benzene rings is 3. The van der Waals surface area contributed by atoms with Gasteiger partial charge in [-0.2, -0.15) is 5.26 Å². The van der Waals surface area contributed by atoms with E-state index >= 15 is 0 Å². The van der Waals surface area contributed by atoms with Crippen molar-refractivity contribution in [2.75, 3.05) is 4.90 Å². The van der Waals surface area contributed by atoms with Gasteiger partial charge in [-0.3, -0.25) is 9.69 Å². The number of carbonyl (C=O) groups excluding carboxylic acids is 1. The maximum atomic E-state index is 13.6. The summed E-state index contributed by atoms with van der Waals surface area (Å²) in [5, 5.41) is 10.4. The van der Waals surface area contributed by atoms with Gasteiger partial charge < -0.3 is 5.73 Å². The summed E-state index contributed by atoms with van der Waals surface area (Å²) in [6.07, 6.45) is 2.88. The van der Waals surface area contributed by atoms with Gasteiger partial charge in [0.1, 0.15) is 11.6 Å². The van der Waals surface area contributed by atoms with Gasteiger partial charge in [0, 0.05) is 34.0 Å². The molecule has 1 heterocycles. The highest BCUT2D eigenvalue weighted by atomic mass is 32.2. The van der Waals surface area contributed by atoms with E-state index in [1.54, 1.807) is 23.9 Å². The lowest BCUT2D eigenvalue weighted by Crippen LogP contribution is -2.39. The van der Waals surface area contributed by atoms with E-state index in [-0.39, 0.29) is 11.6 Å². The third kappa shape index (κ3) is 5.12. The number of hydrogen-bond donors (Lipinski definition) is 1. The van der Waals surface area contributed by atoms with Gasteiger partial charge in [-0.15, -0.1) is 11.8 Å². The molecule has 3 aromatic carbocycles. The van der Waals surface area contributed by atoms with Crippen molar-refractivity contribution in [3.05, 3.63) is 117 Å². The topological polar surface area (TPSA) is 70.1 Å². The first-order valence-electron chi connectivity index (χ1n) is 13.4. The third-order valence-electron chi connectivity index (χ3n) is 7.73. The Kier molecular flexibility index (Phi) is 7.63. The molecule has 0 bridgehead atoms. The van der Waals surface area contributed by atoms with Crippen molar-refractivity contribution in [3.63, 3.8) is 0 Å². The molecule has 0 spiro atoms. The summed E-state index contributed by atoms with van der Waals surface area (Å²) in [6, 6.07) is 21.3. The zero-order valence-corrected chi connectivity index (χ0v) is 23.4. The molecule has 1 unspecified atom stereocenters. The average molecular weight is 538 g/mol. The van der Waals surface area contributed by atoms with Gasteiger partial charge in [0.05, 0.1) is 17.6 Å². The highest BCUT2D eigenvalue weighted by Crippen LogP contribution is 2.47. The molecule has 0 radical (unpaired) electrons. The van der Waals surface area contributed by atoms with Gasteiger partial charge in [0.2, 0.25) is 0 Å². The van der Waals surface area contributed by atoms with Gasteiger partial charge in [-0.25, -0.2) is 4.39 Å². The summed E-state index contributed by atoms with van der Waals surface area (Å²) >= 11 is 1.64. The first-order chi connectivity index (χ1) is 18.8. The molecule has 1 aliphatic heterocycles. The van der Waals surface area contributed by atoms with E-state index in [0.717, 1.165) is 57.8 Å². The van der Waals surface area contributed by atoms with E-state index in [4.69, 9.17) is 5.73 Å². The fraction of sp³-hybridized carbons (Fsp3) is 0.273. The van der Waals surface area contributed by atoms with Crippen LogP contribution in [-0.4, -0.2) is 5.78 Å². The van der Waals surface area contributed by atoms with Crippen LogP contribution in [-0.2, 0) is 17.0 Å². The molecule has 0 fully saturated rings. The minimum atomic E-state index is -0.501. The first kappa shape index (κ1) is 26.8. The second-order valence-corrected chi connectivity index (χ2v) is 11.3. The minimum Gasteiger partial charge on any atom is -0.384 e. The number of hydrogen-bond acceptors (Lipinski definition) is 5. The first-order valence-corrected chi connectivity index (χ1v) is 14.3. The number of ketones is 1. The highest BCUT2D eigenvalue weighted by molar-refractivity contribution is 7.98. The van der Waals surface area contributed by atoms with Crippen LogP contribution in [0, 0.1) is 31.0 Å². The molecule has 1 atom stereocenters. The van der Waals surface area contributed by atoms with Crippen LogP contribution in [0.15, 0.2) is 88.2 Å². The number of anilines is 1. The van der Waals surface area contributed by atoms with Crippen LogP contribution in [0.4, 0.5) is 10.1 Å². The Hall–Kier alpha value is -3.82. The number of Topliss-reactive ketones (excluding diaryl/α,β-unsaturated/α-hetero) is 1. The molecule has 2 N–H and O–H groups in total. The molecule has 3 aromatic rings. The standard InChI is InChI=1S/C33H32FN3OS/c1-4-22-8-12-25(13-9-22)37-29-6-5-7-30(38)32(29)31(28(18-35)33(37)36)27-17-20(2)16-23(21(27)3)19-39-26-14-10-24(34)11-15-26/h8-17,31H,4-7,19,36H2,1-3H3. The van der Waals surface area contributed by atoms with E-state index in [2.05, 4.69) is 44.2 Å². The van der Waals surface area contributed by atoms with Gasteiger partial charge in [0.25, 0.3) is 0 Å². The lowest BCUT2D eigenvalue weighted by Gasteiger charge is -2.40. The molecule has 0 saturated heterocycles. The van der Waals surface area contributed by atoms with Crippen LogP contribution in [0.25, 0.3) is 0 Å². The monoisotopic (exact) mass is 537 g/mol. The van der Waals surface area contributed by atoms with Crippen molar-refractivity contribution in [2.45, 2.75) is 63.0 Å². The molecule has 5 rings (SSSR count). The summed E-state index contributed by atoms with van der Waals surface area (Å²) < 4.78 is 13.4. The molecule has 0 aromatic heterocycles. The van der Waals surface area contributed by atoms with E-state index < -0.39 is 5.92 Å². The largest absolute Gasteiger partial charge is 0.384 e. The van der Waals surface area contributed by atoms with Crippen LogP contribution < -0.4 is 10.6 Å². The normalized spacial score (nSPS) is 17.4. The van der Waals surface area contributed by atoms with Gasteiger partial charge in [-0.05, 0) is 91.8 Å². The number of carbonyl (C=O) groups is 1. The van der Waals surface area contributed by atoms with Crippen molar-refractivity contribution in [2.24, 2.45) is 5.73 Å². The van der Waals surface area contributed by atoms with E-state index in [0.29, 0.717) is 29.1 Å². The number of aryl methyl sites for hydroxylation is 2. The predicted octanol–water partition coefficient (Wildman–Crippen LogP) is 7.60. The van der Waals surface area contributed by atoms with Crippen LogP contribution in [0.1, 0.15) is 59.9 Å². The summed E-state index contributed by atoms with van der Waals surface area (Å²) in [6.45, 7) is 6.21. The SMILES string of the molecule is CCc1ccc(N2C(N)=C(C#N)C(c3cc(C)cc(CSc4ccc(F)cc4)c3C)C3=C2CCCC3=O)cc1. The molecular weight excluding hydrogens is 505 g/mol. The van der Waals surface area contributed by atoms with Gasteiger partial charge >= 0.3 is 0 Å². The zero-order chi connectivity index (χ0) is 27.7. The molecular formula is C33H32FN3OS.